The Bertz CT molecular complexity index is 701. The second-order valence-corrected chi connectivity index (χ2v) is 6.47. The van der Waals surface area contributed by atoms with Gasteiger partial charge in [0.2, 0.25) is 0 Å². The van der Waals surface area contributed by atoms with Gasteiger partial charge in [-0.25, -0.2) is 15.1 Å². The molecule has 28 heavy (non-hydrogen) atoms. The molecule has 152 valence electrons. The highest BCUT2D eigenvalue weighted by Gasteiger charge is 2.48. The van der Waals surface area contributed by atoms with Gasteiger partial charge in [0.25, 0.3) is 5.91 Å². The van der Waals surface area contributed by atoms with Crippen LogP contribution in [0.5, 0.6) is 0 Å². The standard InChI is InChI=1S/C18H24N4O6/c1-19-17(24)26-9-10-27-20-16(23)15-8-7-14-11-21(15)18(25)22(14)28-12-13-5-3-2-4-6-13/h2-6,14-15H,7-12H2,1H3,(H,19,24)(H,20,23)/t14-,15+/m1/s1. The van der Waals surface area contributed by atoms with Gasteiger partial charge in [-0.05, 0) is 18.4 Å². The van der Waals surface area contributed by atoms with Gasteiger partial charge in [0.05, 0.1) is 6.04 Å². The van der Waals surface area contributed by atoms with E-state index in [0.717, 1.165) is 5.56 Å². The molecule has 2 bridgehead atoms. The van der Waals surface area contributed by atoms with Gasteiger partial charge in [0.1, 0.15) is 25.9 Å². The number of benzene rings is 1. The summed E-state index contributed by atoms with van der Waals surface area (Å²) >= 11 is 0. The van der Waals surface area contributed by atoms with Crippen LogP contribution in [0.25, 0.3) is 0 Å². The van der Waals surface area contributed by atoms with E-state index in [-0.39, 0.29) is 25.3 Å². The normalized spacial score (nSPS) is 20.8. The molecule has 0 aromatic heterocycles. The molecule has 2 saturated heterocycles. The Labute approximate surface area is 162 Å². The number of alkyl carbamates (subject to hydrolysis) is 1. The lowest BCUT2D eigenvalue weighted by Crippen LogP contribution is -2.49. The molecule has 2 aliphatic heterocycles. The van der Waals surface area contributed by atoms with Crippen LogP contribution in [0.4, 0.5) is 9.59 Å². The summed E-state index contributed by atoms with van der Waals surface area (Å²) in [7, 11) is 1.45. The average molecular weight is 392 g/mol. The maximum atomic E-state index is 12.6. The van der Waals surface area contributed by atoms with Gasteiger partial charge in [-0.3, -0.25) is 14.5 Å². The number of hydrogen-bond donors (Lipinski definition) is 2. The maximum Gasteiger partial charge on any atom is 0.406 e. The van der Waals surface area contributed by atoms with Crippen molar-refractivity contribution >= 4 is 18.0 Å². The molecule has 0 radical (unpaired) electrons. The van der Waals surface area contributed by atoms with E-state index in [2.05, 4.69) is 10.8 Å². The molecule has 2 heterocycles. The molecule has 0 aliphatic carbocycles. The molecular weight excluding hydrogens is 368 g/mol. The van der Waals surface area contributed by atoms with E-state index in [1.54, 1.807) is 0 Å². The monoisotopic (exact) mass is 392 g/mol. The average Bonchev–Trinajstić information content (AvgIpc) is 2.96. The van der Waals surface area contributed by atoms with Gasteiger partial charge in [-0.1, -0.05) is 30.3 Å². The van der Waals surface area contributed by atoms with E-state index < -0.39 is 18.0 Å². The lowest BCUT2D eigenvalue weighted by atomic mass is 10.0. The molecule has 0 saturated carbocycles. The van der Waals surface area contributed by atoms with Gasteiger partial charge >= 0.3 is 12.1 Å². The third-order valence-corrected chi connectivity index (χ3v) is 4.63. The second-order valence-electron chi connectivity index (χ2n) is 6.47. The van der Waals surface area contributed by atoms with Crippen LogP contribution in [-0.2, 0) is 25.8 Å². The van der Waals surface area contributed by atoms with Crippen molar-refractivity contribution in [3.05, 3.63) is 35.9 Å². The Morgan fingerprint density at radius 3 is 2.71 bits per heavy atom. The van der Waals surface area contributed by atoms with E-state index in [1.165, 1.54) is 17.0 Å². The Morgan fingerprint density at radius 2 is 1.96 bits per heavy atom. The van der Waals surface area contributed by atoms with Crippen molar-refractivity contribution in [1.82, 2.24) is 20.8 Å². The zero-order valence-corrected chi connectivity index (χ0v) is 15.6. The first-order chi connectivity index (χ1) is 13.6. The molecule has 2 atom stereocenters. The largest absolute Gasteiger partial charge is 0.447 e. The first kappa shape index (κ1) is 19.9. The number of urea groups is 1. The lowest BCUT2D eigenvalue weighted by Gasteiger charge is -2.28. The van der Waals surface area contributed by atoms with Crippen LogP contribution in [0.15, 0.2) is 30.3 Å². The molecule has 1 aromatic rings. The minimum atomic E-state index is -0.617. The third-order valence-electron chi connectivity index (χ3n) is 4.63. The van der Waals surface area contributed by atoms with E-state index in [9.17, 15) is 14.4 Å². The number of fused-ring (bicyclic) bond motifs is 2. The molecule has 10 heteroatoms. The highest BCUT2D eigenvalue weighted by atomic mass is 16.7. The summed E-state index contributed by atoms with van der Waals surface area (Å²) in [5.74, 6) is -0.406. The number of hydrogen-bond acceptors (Lipinski definition) is 6. The number of rotatable bonds is 8. The predicted molar refractivity (Wildman–Crippen MR) is 96.5 cm³/mol. The van der Waals surface area contributed by atoms with Crippen LogP contribution >= 0.6 is 0 Å². The van der Waals surface area contributed by atoms with Gasteiger partial charge in [0.15, 0.2) is 0 Å². The van der Waals surface area contributed by atoms with E-state index in [4.69, 9.17) is 14.4 Å². The van der Waals surface area contributed by atoms with Crippen LogP contribution in [0.1, 0.15) is 18.4 Å². The zero-order chi connectivity index (χ0) is 19.9. The minimum Gasteiger partial charge on any atom is -0.447 e. The number of nitrogens with one attached hydrogen (secondary N) is 2. The van der Waals surface area contributed by atoms with Crippen LogP contribution in [0, 0.1) is 0 Å². The number of piperidine rings is 1. The molecule has 2 N–H and O–H groups in total. The van der Waals surface area contributed by atoms with Crippen molar-refractivity contribution in [1.29, 1.82) is 0 Å². The molecule has 4 amide bonds. The van der Waals surface area contributed by atoms with Crippen LogP contribution in [-0.4, -0.2) is 66.9 Å². The molecule has 2 fully saturated rings. The summed E-state index contributed by atoms with van der Waals surface area (Å²) in [5, 5.41) is 3.67. The summed E-state index contributed by atoms with van der Waals surface area (Å²) in [6, 6.07) is 8.58. The number of carbonyl (C=O) groups is 3. The van der Waals surface area contributed by atoms with Gasteiger partial charge in [-0.15, -0.1) is 0 Å². The zero-order valence-electron chi connectivity index (χ0n) is 15.6. The van der Waals surface area contributed by atoms with Gasteiger partial charge in [0, 0.05) is 13.6 Å². The summed E-state index contributed by atoms with van der Waals surface area (Å²) in [6.07, 6.45) is 0.604. The number of amides is 4. The van der Waals surface area contributed by atoms with E-state index in [0.29, 0.717) is 26.0 Å². The highest BCUT2D eigenvalue weighted by Crippen LogP contribution is 2.30. The molecule has 3 rings (SSSR count). The summed E-state index contributed by atoms with van der Waals surface area (Å²) in [6.45, 7) is 0.735. The Balaban J connectivity index is 1.45. The molecule has 2 aliphatic rings. The predicted octanol–water partition coefficient (Wildman–Crippen LogP) is 0.791. The first-order valence-corrected chi connectivity index (χ1v) is 9.13. The van der Waals surface area contributed by atoms with E-state index >= 15 is 0 Å². The highest BCUT2D eigenvalue weighted by molar-refractivity contribution is 5.88. The third kappa shape index (κ3) is 4.70. The molecular formula is C18H24N4O6. The molecule has 0 unspecified atom stereocenters. The van der Waals surface area contributed by atoms with Crippen molar-refractivity contribution in [3.8, 4) is 0 Å². The molecule has 1 aromatic carbocycles. The van der Waals surface area contributed by atoms with Crippen molar-refractivity contribution in [3.63, 3.8) is 0 Å². The summed E-state index contributed by atoms with van der Waals surface area (Å²) in [5.41, 5.74) is 3.28. The summed E-state index contributed by atoms with van der Waals surface area (Å²) in [4.78, 5) is 48.2. The smallest absolute Gasteiger partial charge is 0.406 e. The van der Waals surface area contributed by atoms with Gasteiger partial charge < -0.3 is 15.0 Å². The topological polar surface area (TPSA) is 109 Å². The Kier molecular flexibility index (Phi) is 6.66. The Morgan fingerprint density at radius 1 is 1.18 bits per heavy atom. The van der Waals surface area contributed by atoms with Gasteiger partial charge in [-0.2, -0.15) is 5.06 Å². The van der Waals surface area contributed by atoms with Crippen LogP contribution < -0.4 is 10.8 Å². The minimum absolute atomic E-state index is 0.00353. The van der Waals surface area contributed by atoms with Crippen molar-refractivity contribution in [2.75, 3.05) is 26.8 Å². The fourth-order valence-corrected chi connectivity index (χ4v) is 3.23. The number of ether oxygens (including phenoxy) is 1. The number of carbonyl (C=O) groups excluding carboxylic acids is 3. The fourth-order valence-electron chi connectivity index (χ4n) is 3.23. The molecule has 0 spiro atoms. The van der Waals surface area contributed by atoms with Crippen molar-refractivity contribution < 1.29 is 28.8 Å². The summed E-state index contributed by atoms with van der Waals surface area (Å²) < 4.78 is 4.75. The SMILES string of the molecule is CNC(=O)OCCONC(=O)[C@@H]1CC[C@@H]2CN1C(=O)N2OCc1ccccc1. The quantitative estimate of drug-likeness (QED) is 0.500. The number of hydroxylamine groups is 3. The molecule has 10 nitrogen and oxygen atoms in total. The van der Waals surface area contributed by atoms with Crippen LogP contribution in [0.3, 0.4) is 0 Å². The van der Waals surface area contributed by atoms with E-state index in [1.807, 2.05) is 30.3 Å². The lowest BCUT2D eigenvalue weighted by molar-refractivity contribution is -0.141. The second kappa shape index (κ2) is 9.38. The maximum absolute atomic E-state index is 12.6. The Hall–Kier alpha value is -2.85. The fraction of sp³-hybridized carbons (Fsp3) is 0.500. The van der Waals surface area contributed by atoms with Crippen molar-refractivity contribution in [2.45, 2.75) is 31.5 Å². The first-order valence-electron chi connectivity index (χ1n) is 9.13. The van der Waals surface area contributed by atoms with Crippen LogP contribution in [0.2, 0.25) is 0 Å². The van der Waals surface area contributed by atoms with Crippen molar-refractivity contribution in [2.24, 2.45) is 0 Å². The number of nitrogens with zero attached hydrogens (tertiary/aromatic N) is 2.